The number of carbonyl (C=O) groups excluding carboxylic acids is 1. The number of nitrogens with one attached hydrogen (secondary N) is 1. The van der Waals surface area contributed by atoms with Crippen molar-refractivity contribution in [1.29, 1.82) is 0 Å². The van der Waals surface area contributed by atoms with Gasteiger partial charge in [-0.05, 0) is 48.2 Å². The van der Waals surface area contributed by atoms with Crippen LogP contribution < -0.4 is 10.2 Å². The summed E-state index contributed by atoms with van der Waals surface area (Å²) in [5.74, 6) is 2.55. The second-order valence-electron chi connectivity index (χ2n) is 8.12. The molecule has 0 saturated heterocycles. The second-order valence-corrected chi connectivity index (χ2v) is 8.12. The van der Waals surface area contributed by atoms with Crippen molar-refractivity contribution in [3.05, 3.63) is 71.6 Å². The van der Waals surface area contributed by atoms with Crippen LogP contribution in [0.3, 0.4) is 0 Å². The fourth-order valence-electron chi connectivity index (χ4n) is 4.34. The van der Waals surface area contributed by atoms with Gasteiger partial charge in [-0.15, -0.1) is 10.2 Å². The van der Waals surface area contributed by atoms with Crippen molar-refractivity contribution < 1.29 is 4.79 Å². The molecule has 6 heterocycles. The van der Waals surface area contributed by atoms with Gasteiger partial charge in [-0.2, -0.15) is 0 Å². The van der Waals surface area contributed by atoms with Crippen LogP contribution >= 0.6 is 0 Å². The van der Waals surface area contributed by atoms with Gasteiger partial charge in [0.25, 0.3) is 5.91 Å². The normalized spacial score (nSPS) is 14.6. The topological polar surface area (TPSA) is 115 Å². The Morgan fingerprint density at radius 1 is 0.970 bits per heavy atom. The molecular weight excluding hydrogens is 418 g/mol. The first kappa shape index (κ1) is 19.5. The number of anilines is 2. The van der Waals surface area contributed by atoms with Crippen LogP contribution in [0.5, 0.6) is 0 Å². The SMILES string of the molecule is O=C(Nc1cccc(-c2nnc3n2CCC3)n1)c1cc2c(cn1)CCN(c1ncccn1)C2. The number of fused-ring (bicyclic) bond motifs is 2. The van der Waals surface area contributed by atoms with Gasteiger partial charge in [0.2, 0.25) is 5.95 Å². The number of aromatic nitrogens is 7. The molecule has 0 radical (unpaired) electrons. The van der Waals surface area contributed by atoms with Crippen molar-refractivity contribution in [2.24, 2.45) is 0 Å². The fraction of sp³-hybridized carbons (Fsp3) is 0.261. The molecule has 2 aliphatic rings. The number of hydrogen-bond acceptors (Lipinski definition) is 8. The van der Waals surface area contributed by atoms with E-state index in [0.29, 0.717) is 29.7 Å². The minimum atomic E-state index is -0.304. The Hall–Kier alpha value is -4.21. The van der Waals surface area contributed by atoms with Crippen LogP contribution in [0, 0.1) is 0 Å². The van der Waals surface area contributed by atoms with E-state index in [4.69, 9.17) is 0 Å². The lowest BCUT2D eigenvalue weighted by Gasteiger charge is -2.28. The van der Waals surface area contributed by atoms with Crippen LogP contribution in [0.25, 0.3) is 11.5 Å². The van der Waals surface area contributed by atoms with Crippen molar-refractivity contribution in [3.63, 3.8) is 0 Å². The minimum absolute atomic E-state index is 0.304. The molecule has 4 aromatic heterocycles. The highest BCUT2D eigenvalue weighted by Crippen LogP contribution is 2.24. The van der Waals surface area contributed by atoms with E-state index < -0.39 is 0 Å². The number of aryl methyl sites for hydroxylation is 1. The molecule has 0 fully saturated rings. The van der Waals surface area contributed by atoms with E-state index in [2.05, 4.69) is 44.9 Å². The van der Waals surface area contributed by atoms with Crippen molar-refractivity contribution in [1.82, 2.24) is 34.7 Å². The quantitative estimate of drug-likeness (QED) is 0.515. The summed E-state index contributed by atoms with van der Waals surface area (Å²) in [5, 5.41) is 11.4. The average Bonchev–Trinajstić information content (AvgIpc) is 3.48. The zero-order valence-corrected chi connectivity index (χ0v) is 17.8. The van der Waals surface area contributed by atoms with Gasteiger partial charge in [0.1, 0.15) is 23.0 Å². The lowest BCUT2D eigenvalue weighted by molar-refractivity contribution is 0.102. The van der Waals surface area contributed by atoms with E-state index in [0.717, 1.165) is 55.1 Å². The van der Waals surface area contributed by atoms with Crippen LogP contribution in [-0.2, 0) is 25.9 Å². The molecule has 0 atom stereocenters. The predicted molar refractivity (Wildman–Crippen MR) is 121 cm³/mol. The summed E-state index contributed by atoms with van der Waals surface area (Å²) in [6.45, 7) is 2.33. The van der Waals surface area contributed by atoms with Crippen molar-refractivity contribution >= 4 is 17.7 Å². The third-order valence-electron chi connectivity index (χ3n) is 5.99. The molecule has 0 saturated carbocycles. The molecule has 0 aliphatic carbocycles. The minimum Gasteiger partial charge on any atom is -0.336 e. The Labute approximate surface area is 189 Å². The standard InChI is InChI=1S/C23H21N9O/c33-22(28-19-5-1-4-17(27-19)21-30-29-20-6-2-10-32(20)21)18-12-16-14-31(11-7-15(16)13-26-18)23-24-8-3-9-25-23/h1,3-5,8-9,12-13H,2,6-7,10-11,14H2,(H,27,28,33). The van der Waals surface area contributed by atoms with Crippen LogP contribution in [0.4, 0.5) is 11.8 Å². The predicted octanol–water partition coefficient (Wildman–Crippen LogP) is 2.29. The molecule has 1 N–H and O–H groups in total. The number of carbonyl (C=O) groups is 1. The van der Waals surface area contributed by atoms with Crippen LogP contribution in [0.15, 0.2) is 48.9 Å². The van der Waals surface area contributed by atoms with E-state index in [-0.39, 0.29) is 5.91 Å². The number of amides is 1. The molecule has 0 aromatic carbocycles. The zero-order valence-electron chi connectivity index (χ0n) is 17.8. The van der Waals surface area contributed by atoms with Gasteiger partial charge in [-0.1, -0.05) is 6.07 Å². The number of hydrogen-bond donors (Lipinski definition) is 1. The summed E-state index contributed by atoms with van der Waals surface area (Å²) in [6.07, 6.45) is 8.08. The van der Waals surface area contributed by atoms with Crippen LogP contribution in [0.2, 0.25) is 0 Å². The number of rotatable bonds is 4. The first-order valence-electron chi connectivity index (χ1n) is 11.0. The molecule has 0 unspecified atom stereocenters. The molecule has 10 heteroatoms. The largest absolute Gasteiger partial charge is 0.336 e. The average molecular weight is 439 g/mol. The molecule has 0 spiro atoms. The van der Waals surface area contributed by atoms with Crippen molar-refractivity contribution in [2.75, 3.05) is 16.8 Å². The summed E-state index contributed by atoms with van der Waals surface area (Å²) in [6, 6.07) is 9.13. The highest BCUT2D eigenvalue weighted by Gasteiger charge is 2.22. The highest BCUT2D eigenvalue weighted by molar-refractivity contribution is 6.02. The fourth-order valence-corrected chi connectivity index (χ4v) is 4.34. The van der Waals surface area contributed by atoms with E-state index in [1.807, 2.05) is 18.2 Å². The Morgan fingerprint density at radius 3 is 2.79 bits per heavy atom. The first-order valence-corrected chi connectivity index (χ1v) is 11.0. The Morgan fingerprint density at radius 2 is 1.88 bits per heavy atom. The summed E-state index contributed by atoms with van der Waals surface area (Å²) >= 11 is 0. The van der Waals surface area contributed by atoms with Gasteiger partial charge in [0.05, 0.1) is 0 Å². The molecule has 1 amide bonds. The number of pyridine rings is 2. The highest BCUT2D eigenvalue weighted by atomic mass is 16.1. The van der Waals surface area contributed by atoms with Crippen molar-refractivity contribution in [3.8, 4) is 11.5 Å². The van der Waals surface area contributed by atoms with Crippen LogP contribution in [-0.4, -0.2) is 47.2 Å². The maximum Gasteiger partial charge on any atom is 0.275 e. The number of nitrogens with zero attached hydrogens (tertiary/aromatic N) is 8. The monoisotopic (exact) mass is 439 g/mol. The Kier molecular flexibility index (Phi) is 4.75. The van der Waals surface area contributed by atoms with Gasteiger partial charge < -0.3 is 14.8 Å². The second kappa shape index (κ2) is 8.05. The van der Waals surface area contributed by atoms with Gasteiger partial charge >= 0.3 is 0 Å². The molecule has 6 rings (SSSR count). The van der Waals surface area contributed by atoms with Gasteiger partial charge in [0, 0.05) is 44.6 Å². The zero-order chi connectivity index (χ0) is 22.2. The summed E-state index contributed by atoms with van der Waals surface area (Å²) < 4.78 is 2.08. The third kappa shape index (κ3) is 3.69. The Bertz CT molecular complexity index is 1340. The van der Waals surface area contributed by atoms with Crippen LogP contribution in [0.1, 0.15) is 33.9 Å². The first-order chi connectivity index (χ1) is 16.2. The molecule has 0 bridgehead atoms. The molecular formula is C23H21N9O. The van der Waals surface area contributed by atoms with Gasteiger partial charge in [0.15, 0.2) is 5.82 Å². The van der Waals surface area contributed by atoms with Crippen molar-refractivity contribution in [2.45, 2.75) is 32.4 Å². The maximum atomic E-state index is 13.0. The Balaban J connectivity index is 1.21. The van der Waals surface area contributed by atoms with E-state index >= 15 is 0 Å². The van der Waals surface area contributed by atoms with Gasteiger partial charge in [-0.3, -0.25) is 9.78 Å². The summed E-state index contributed by atoms with van der Waals surface area (Å²) in [4.78, 5) is 32.7. The third-order valence-corrected chi connectivity index (χ3v) is 5.99. The van der Waals surface area contributed by atoms with E-state index in [1.165, 1.54) is 0 Å². The molecule has 33 heavy (non-hydrogen) atoms. The molecule has 164 valence electrons. The van der Waals surface area contributed by atoms with E-state index in [9.17, 15) is 4.79 Å². The molecule has 2 aliphatic heterocycles. The molecule has 4 aromatic rings. The smallest absolute Gasteiger partial charge is 0.275 e. The summed E-state index contributed by atoms with van der Waals surface area (Å²) in [7, 11) is 0. The maximum absolute atomic E-state index is 13.0. The van der Waals surface area contributed by atoms with E-state index in [1.54, 1.807) is 30.7 Å². The lowest BCUT2D eigenvalue weighted by Crippen LogP contribution is -2.32. The summed E-state index contributed by atoms with van der Waals surface area (Å²) in [5.41, 5.74) is 3.22. The lowest BCUT2D eigenvalue weighted by atomic mass is 10.0. The van der Waals surface area contributed by atoms with Gasteiger partial charge in [-0.25, -0.2) is 15.0 Å². The molecule has 10 nitrogen and oxygen atoms in total.